The quantitative estimate of drug-likeness (QED) is 0.753. The minimum Gasteiger partial charge on any atom is -0.493 e. The Morgan fingerprint density at radius 2 is 2.00 bits per heavy atom. The number of rotatable bonds is 7. The zero-order valence-electron chi connectivity index (χ0n) is 14.4. The molecule has 7 nitrogen and oxygen atoms in total. The molecule has 1 heterocycles. The molecule has 1 aliphatic heterocycles. The van der Waals surface area contributed by atoms with Gasteiger partial charge in [-0.15, -0.1) is 0 Å². The molecule has 0 radical (unpaired) electrons. The predicted octanol–water partition coefficient (Wildman–Crippen LogP) is 1.21. The molecular weight excluding hydrogens is 368 g/mol. The number of ether oxygens (including phenoxy) is 2. The van der Waals surface area contributed by atoms with Gasteiger partial charge >= 0.3 is 0 Å². The Kier molecular flexibility index (Phi) is 6.92. The second-order valence-corrected chi connectivity index (χ2v) is 8.38. The molecule has 1 aliphatic rings. The Balaban J connectivity index is 1.91. The van der Waals surface area contributed by atoms with Crippen LogP contribution in [0, 0.1) is 0 Å². The smallest absolute Gasteiger partial charge is 0.251 e. The zero-order chi connectivity index (χ0) is 18.4. The van der Waals surface area contributed by atoms with E-state index in [1.165, 1.54) is 13.2 Å². The van der Waals surface area contributed by atoms with Gasteiger partial charge in [-0.05, 0) is 19.1 Å². The molecule has 9 heteroatoms. The lowest BCUT2D eigenvalue weighted by Gasteiger charge is -2.26. The number of hydrogen-bond donors (Lipinski definition) is 1. The topological polar surface area (TPSA) is 84.9 Å². The number of methoxy groups -OCH3 is 1. The van der Waals surface area contributed by atoms with Gasteiger partial charge in [0.15, 0.2) is 21.3 Å². The third-order valence-corrected chi connectivity index (χ3v) is 5.82. The summed E-state index contributed by atoms with van der Waals surface area (Å²) in [4.78, 5) is 14.3. The first kappa shape index (κ1) is 19.8. The Bertz CT molecular complexity index is 709. The predicted molar refractivity (Wildman–Crippen MR) is 96.6 cm³/mol. The van der Waals surface area contributed by atoms with E-state index < -0.39 is 9.84 Å². The Morgan fingerprint density at radius 1 is 1.32 bits per heavy atom. The largest absolute Gasteiger partial charge is 0.493 e. The maximum absolute atomic E-state index is 12.3. The number of benzene rings is 1. The van der Waals surface area contributed by atoms with Crippen LogP contribution in [-0.4, -0.2) is 70.6 Å². The van der Waals surface area contributed by atoms with Crippen LogP contribution in [0.1, 0.15) is 17.3 Å². The summed E-state index contributed by atoms with van der Waals surface area (Å²) in [5.41, 5.74) is 0.381. The summed E-state index contributed by atoms with van der Waals surface area (Å²) in [5, 5.41) is 3.12. The molecule has 0 unspecified atom stereocenters. The molecule has 1 N–H and O–H groups in total. The minimum absolute atomic E-state index is 0.173. The van der Waals surface area contributed by atoms with Gasteiger partial charge in [-0.25, -0.2) is 8.42 Å². The van der Waals surface area contributed by atoms with Crippen molar-refractivity contribution >= 4 is 27.3 Å². The summed E-state index contributed by atoms with van der Waals surface area (Å²) in [6.45, 7) is 4.30. The van der Waals surface area contributed by atoms with Crippen molar-refractivity contribution in [1.82, 2.24) is 10.2 Å². The summed E-state index contributed by atoms with van der Waals surface area (Å²) in [7, 11) is -1.40. The van der Waals surface area contributed by atoms with Crippen LogP contribution in [-0.2, 0) is 9.84 Å². The highest BCUT2D eigenvalue weighted by Crippen LogP contribution is 2.36. The van der Waals surface area contributed by atoms with E-state index in [4.69, 9.17) is 21.1 Å². The highest BCUT2D eigenvalue weighted by Gasteiger charge is 2.21. The summed E-state index contributed by atoms with van der Waals surface area (Å²) in [6, 6.07) is 3.12. The zero-order valence-corrected chi connectivity index (χ0v) is 16.0. The van der Waals surface area contributed by atoms with E-state index in [9.17, 15) is 13.2 Å². The van der Waals surface area contributed by atoms with Gasteiger partial charge in [0.2, 0.25) is 0 Å². The molecule has 1 saturated heterocycles. The number of carbonyl (C=O) groups excluding carboxylic acids is 1. The molecule has 1 aromatic rings. The number of hydrogen-bond acceptors (Lipinski definition) is 6. The standard InChI is InChI=1S/C16H23ClN2O5S/c1-3-24-15-13(17)10-12(11-14(15)23-2)16(20)18-4-5-19-6-8-25(21,22)9-7-19/h10-11H,3-9H2,1-2H3,(H,18,20). The Hall–Kier alpha value is -1.51. The average molecular weight is 391 g/mol. The fourth-order valence-corrected chi connectivity index (χ4v) is 4.08. The lowest BCUT2D eigenvalue weighted by molar-refractivity contribution is 0.0948. The van der Waals surface area contributed by atoms with Crippen molar-refractivity contribution in [3.8, 4) is 11.5 Å². The van der Waals surface area contributed by atoms with E-state index in [1.807, 2.05) is 11.8 Å². The molecule has 1 fully saturated rings. The lowest BCUT2D eigenvalue weighted by Crippen LogP contribution is -2.43. The normalized spacial score (nSPS) is 17.1. The molecule has 1 amide bonds. The summed E-state index contributed by atoms with van der Waals surface area (Å²) in [6.07, 6.45) is 0. The van der Waals surface area contributed by atoms with Crippen molar-refractivity contribution in [3.05, 3.63) is 22.7 Å². The summed E-state index contributed by atoms with van der Waals surface area (Å²) < 4.78 is 33.5. The Labute approximate surface area is 153 Å². The van der Waals surface area contributed by atoms with Crippen LogP contribution in [0.3, 0.4) is 0 Å². The first-order valence-corrected chi connectivity index (χ1v) is 10.3. The van der Waals surface area contributed by atoms with Crippen molar-refractivity contribution in [3.63, 3.8) is 0 Å². The van der Waals surface area contributed by atoms with Crippen LogP contribution in [0.2, 0.25) is 5.02 Å². The van der Waals surface area contributed by atoms with Crippen molar-refractivity contribution in [2.75, 3.05) is 51.4 Å². The van der Waals surface area contributed by atoms with Gasteiger partial charge in [0, 0.05) is 31.7 Å². The third kappa shape index (κ3) is 5.49. The van der Waals surface area contributed by atoms with Crippen molar-refractivity contribution < 1.29 is 22.7 Å². The molecule has 1 aromatic carbocycles. The molecule has 0 aliphatic carbocycles. The van der Waals surface area contributed by atoms with Crippen molar-refractivity contribution in [2.45, 2.75) is 6.92 Å². The van der Waals surface area contributed by atoms with Gasteiger partial charge in [0.1, 0.15) is 0 Å². The molecule has 2 rings (SSSR count). The molecule has 25 heavy (non-hydrogen) atoms. The van der Waals surface area contributed by atoms with Crippen molar-refractivity contribution in [1.29, 1.82) is 0 Å². The number of nitrogens with one attached hydrogen (secondary N) is 1. The first-order chi connectivity index (χ1) is 11.9. The van der Waals surface area contributed by atoms with Gasteiger partial charge < -0.3 is 14.8 Å². The van der Waals surface area contributed by atoms with Crippen LogP contribution < -0.4 is 14.8 Å². The van der Waals surface area contributed by atoms with E-state index in [0.29, 0.717) is 54.9 Å². The second-order valence-electron chi connectivity index (χ2n) is 5.67. The van der Waals surface area contributed by atoms with Crippen LogP contribution in [0.5, 0.6) is 11.5 Å². The average Bonchev–Trinajstić information content (AvgIpc) is 2.58. The third-order valence-electron chi connectivity index (χ3n) is 3.93. The minimum atomic E-state index is -2.89. The highest BCUT2D eigenvalue weighted by molar-refractivity contribution is 7.91. The number of carbonyl (C=O) groups is 1. The fraction of sp³-hybridized carbons (Fsp3) is 0.562. The summed E-state index contributed by atoms with van der Waals surface area (Å²) >= 11 is 6.17. The molecular formula is C16H23ClN2O5S. The second kappa shape index (κ2) is 8.73. The van der Waals surface area contributed by atoms with Gasteiger partial charge in [-0.3, -0.25) is 9.69 Å². The van der Waals surface area contributed by atoms with Crippen LogP contribution in [0.4, 0.5) is 0 Å². The number of amides is 1. The molecule has 0 bridgehead atoms. The lowest BCUT2D eigenvalue weighted by atomic mass is 10.2. The van der Waals surface area contributed by atoms with Crippen LogP contribution >= 0.6 is 11.6 Å². The molecule has 0 aromatic heterocycles. The maximum atomic E-state index is 12.3. The van der Waals surface area contributed by atoms with Crippen LogP contribution in [0.25, 0.3) is 0 Å². The molecule has 0 atom stereocenters. The number of nitrogens with zero attached hydrogens (tertiary/aromatic N) is 1. The van der Waals surface area contributed by atoms with Crippen LogP contribution in [0.15, 0.2) is 12.1 Å². The maximum Gasteiger partial charge on any atom is 0.251 e. The monoisotopic (exact) mass is 390 g/mol. The molecule has 140 valence electrons. The van der Waals surface area contributed by atoms with Gasteiger partial charge in [0.25, 0.3) is 5.91 Å². The van der Waals surface area contributed by atoms with Gasteiger partial charge in [-0.2, -0.15) is 0 Å². The van der Waals surface area contributed by atoms with E-state index in [1.54, 1.807) is 6.07 Å². The highest BCUT2D eigenvalue weighted by atomic mass is 35.5. The summed E-state index contributed by atoms with van der Waals surface area (Å²) in [5.74, 6) is 0.894. The fourth-order valence-electron chi connectivity index (χ4n) is 2.54. The van der Waals surface area contributed by atoms with Crippen molar-refractivity contribution in [2.24, 2.45) is 0 Å². The van der Waals surface area contributed by atoms with E-state index in [2.05, 4.69) is 5.32 Å². The van der Waals surface area contributed by atoms with Gasteiger partial charge in [0.05, 0.1) is 30.2 Å². The Morgan fingerprint density at radius 3 is 2.60 bits per heavy atom. The first-order valence-electron chi connectivity index (χ1n) is 8.07. The SMILES string of the molecule is CCOc1c(Cl)cc(C(=O)NCCN2CCS(=O)(=O)CC2)cc1OC. The molecule has 0 saturated carbocycles. The van der Waals surface area contributed by atoms with E-state index in [0.717, 1.165) is 0 Å². The van der Waals surface area contributed by atoms with E-state index in [-0.39, 0.29) is 17.4 Å². The van der Waals surface area contributed by atoms with Gasteiger partial charge in [-0.1, -0.05) is 11.6 Å². The number of halogens is 1. The van der Waals surface area contributed by atoms with E-state index >= 15 is 0 Å². The molecule has 0 spiro atoms. The number of sulfone groups is 1.